The second-order valence-electron chi connectivity index (χ2n) is 5.85. The molecule has 0 unspecified atom stereocenters. The Morgan fingerprint density at radius 3 is 2.53 bits per heavy atom. The van der Waals surface area contributed by atoms with Gasteiger partial charge in [0.15, 0.2) is 0 Å². The Balaban J connectivity index is 2.08. The van der Waals surface area contributed by atoms with Crippen molar-refractivity contribution in [3.05, 3.63) is 29.6 Å². The van der Waals surface area contributed by atoms with Crippen LogP contribution in [0.15, 0.2) is 18.2 Å². The molecule has 1 fully saturated rings. The zero-order chi connectivity index (χ0) is 13.8. The maximum Gasteiger partial charge on any atom is 0.146 e. The van der Waals surface area contributed by atoms with Gasteiger partial charge in [-0.05, 0) is 62.3 Å². The lowest BCUT2D eigenvalue weighted by Crippen LogP contribution is -2.35. The highest BCUT2D eigenvalue weighted by Crippen LogP contribution is 2.30. The Morgan fingerprint density at radius 2 is 1.95 bits per heavy atom. The molecule has 2 N–H and O–H groups in total. The molecule has 0 radical (unpaired) electrons. The first kappa shape index (κ1) is 14.3. The highest BCUT2D eigenvalue weighted by Gasteiger charge is 2.23. The Hall–Kier alpha value is -1.09. The van der Waals surface area contributed by atoms with Gasteiger partial charge in [0, 0.05) is 13.1 Å². The molecule has 1 aliphatic rings. The van der Waals surface area contributed by atoms with E-state index in [4.69, 9.17) is 5.73 Å². The fourth-order valence-electron chi connectivity index (χ4n) is 2.99. The molecule has 1 aliphatic carbocycles. The van der Waals surface area contributed by atoms with E-state index in [1.165, 1.54) is 25.7 Å². The minimum Gasteiger partial charge on any atom is -0.369 e. The zero-order valence-electron chi connectivity index (χ0n) is 12.0. The van der Waals surface area contributed by atoms with E-state index in [9.17, 15) is 4.39 Å². The normalized spacial score (nSPS) is 23.4. The zero-order valence-corrected chi connectivity index (χ0v) is 12.0. The van der Waals surface area contributed by atoms with E-state index < -0.39 is 0 Å². The summed E-state index contributed by atoms with van der Waals surface area (Å²) in [4.78, 5) is 2.12. The van der Waals surface area contributed by atoms with Crippen LogP contribution in [-0.4, -0.2) is 19.6 Å². The van der Waals surface area contributed by atoms with Crippen molar-refractivity contribution in [3.63, 3.8) is 0 Å². The van der Waals surface area contributed by atoms with Crippen molar-refractivity contribution in [2.24, 2.45) is 11.7 Å². The Kier molecular flexibility index (Phi) is 4.81. The average molecular weight is 264 g/mol. The van der Waals surface area contributed by atoms with E-state index in [1.807, 2.05) is 19.2 Å². The third-order valence-electron chi connectivity index (χ3n) is 4.36. The Bertz CT molecular complexity index is 411. The fraction of sp³-hybridized carbons (Fsp3) is 0.625. The first-order valence-corrected chi connectivity index (χ1v) is 7.33. The summed E-state index contributed by atoms with van der Waals surface area (Å²) in [7, 11) is 2.02. The average Bonchev–Trinajstić information content (AvgIpc) is 2.39. The third kappa shape index (κ3) is 3.47. The summed E-state index contributed by atoms with van der Waals surface area (Å²) in [5.41, 5.74) is 7.21. The summed E-state index contributed by atoms with van der Waals surface area (Å²) in [6.07, 6.45) is 5.58. The first-order chi connectivity index (χ1) is 9.11. The van der Waals surface area contributed by atoms with Crippen LogP contribution in [0.25, 0.3) is 0 Å². The predicted octanol–water partition coefficient (Wildman–Crippen LogP) is 3.34. The number of hydrogen-bond acceptors (Lipinski definition) is 2. The highest BCUT2D eigenvalue weighted by molar-refractivity contribution is 5.49. The van der Waals surface area contributed by atoms with Crippen LogP contribution in [0.4, 0.5) is 10.1 Å². The molecule has 1 aromatic carbocycles. The van der Waals surface area contributed by atoms with Crippen molar-refractivity contribution >= 4 is 5.69 Å². The number of nitrogens with two attached hydrogens (primary N) is 1. The molecule has 2 rings (SSSR count). The molecule has 0 aliphatic heterocycles. The van der Waals surface area contributed by atoms with Gasteiger partial charge in [-0.25, -0.2) is 4.39 Å². The number of nitrogens with zero attached hydrogens (tertiary/aromatic N) is 1. The molecule has 19 heavy (non-hydrogen) atoms. The molecule has 2 nitrogen and oxygen atoms in total. The van der Waals surface area contributed by atoms with E-state index in [2.05, 4.69) is 11.8 Å². The van der Waals surface area contributed by atoms with Gasteiger partial charge in [0.25, 0.3) is 0 Å². The van der Waals surface area contributed by atoms with E-state index in [1.54, 1.807) is 6.07 Å². The molecule has 0 amide bonds. The number of rotatable bonds is 4. The maximum atomic E-state index is 14.2. The van der Waals surface area contributed by atoms with Crippen LogP contribution in [0.3, 0.4) is 0 Å². The molecule has 1 aromatic rings. The fourth-order valence-corrected chi connectivity index (χ4v) is 2.99. The van der Waals surface area contributed by atoms with Crippen LogP contribution in [0.5, 0.6) is 0 Å². The monoisotopic (exact) mass is 264 g/mol. The molecular weight excluding hydrogens is 239 g/mol. The minimum absolute atomic E-state index is 0.118. The van der Waals surface area contributed by atoms with Crippen LogP contribution in [0, 0.1) is 11.7 Å². The second-order valence-corrected chi connectivity index (χ2v) is 5.85. The maximum absolute atomic E-state index is 14.2. The highest BCUT2D eigenvalue weighted by atomic mass is 19.1. The van der Waals surface area contributed by atoms with Gasteiger partial charge in [-0.2, -0.15) is 0 Å². The molecular formula is C16H25FN2. The van der Waals surface area contributed by atoms with Gasteiger partial charge in [-0.1, -0.05) is 13.0 Å². The predicted molar refractivity (Wildman–Crippen MR) is 79.0 cm³/mol. The lowest BCUT2D eigenvalue weighted by molar-refractivity contribution is 0.339. The van der Waals surface area contributed by atoms with Crippen molar-refractivity contribution in [1.29, 1.82) is 0 Å². The second kappa shape index (κ2) is 6.38. The van der Waals surface area contributed by atoms with Gasteiger partial charge in [0.05, 0.1) is 5.69 Å². The van der Waals surface area contributed by atoms with Crippen LogP contribution >= 0.6 is 0 Å². The van der Waals surface area contributed by atoms with Gasteiger partial charge in [-0.3, -0.25) is 0 Å². The summed E-state index contributed by atoms with van der Waals surface area (Å²) in [5.74, 6) is 0.702. The number of anilines is 1. The van der Waals surface area contributed by atoms with Crippen molar-refractivity contribution in [3.8, 4) is 0 Å². The number of hydrogen-bond donors (Lipinski definition) is 1. The number of halogens is 1. The topological polar surface area (TPSA) is 29.3 Å². The molecule has 106 valence electrons. The van der Waals surface area contributed by atoms with Crippen LogP contribution in [0.2, 0.25) is 0 Å². The molecule has 0 aromatic heterocycles. The van der Waals surface area contributed by atoms with Crippen LogP contribution in [0.1, 0.15) is 38.2 Å². The number of benzene rings is 1. The quantitative estimate of drug-likeness (QED) is 0.903. The summed E-state index contributed by atoms with van der Waals surface area (Å²) >= 11 is 0. The molecule has 3 heteroatoms. The minimum atomic E-state index is -0.118. The van der Waals surface area contributed by atoms with Crippen molar-refractivity contribution in [2.75, 3.05) is 18.5 Å². The van der Waals surface area contributed by atoms with Gasteiger partial charge < -0.3 is 10.6 Å². The lowest BCUT2D eigenvalue weighted by atomic mass is 9.86. The molecule has 0 bridgehead atoms. The smallest absolute Gasteiger partial charge is 0.146 e. The van der Waals surface area contributed by atoms with Crippen molar-refractivity contribution in [2.45, 2.75) is 45.1 Å². The van der Waals surface area contributed by atoms with Gasteiger partial charge in [0.1, 0.15) is 5.82 Å². The molecule has 0 heterocycles. The largest absolute Gasteiger partial charge is 0.369 e. The summed E-state index contributed by atoms with van der Waals surface area (Å²) in [6, 6.07) is 6.00. The van der Waals surface area contributed by atoms with E-state index >= 15 is 0 Å². The van der Waals surface area contributed by atoms with Crippen LogP contribution in [-0.2, 0) is 6.42 Å². The SMILES string of the molecule is CC1CCC(N(C)c2ccc(CCN)cc2F)CC1. The Morgan fingerprint density at radius 1 is 1.26 bits per heavy atom. The van der Waals surface area contributed by atoms with E-state index in [0.29, 0.717) is 12.6 Å². The van der Waals surface area contributed by atoms with E-state index in [-0.39, 0.29) is 5.82 Å². The molecule has 0 atom stereocenters. The molecule has 1 saturated carbocycles. The lowest BCUT2D eigenvalue weighted by Gasteiger charge is -2.35. The standard InChI is InChI=1S/C16H25FN2/c1-12-3-6-14(7-4-12)19(2)16-8-5-13(9-10-18)11-15(16)17/h5,8,11-12,14H,3-4,6-7,9-10,18H2,1-2H3. The van der Waals surface area contributed by atoms with E-state index in [0.717, 1.165) is 23.6 Å². The van der Waals surface area contributed by atoms with Gasteiger partial charge in [0.2, 0.25) is 0 Å². The third-order valence-corrected chi connectivity index (χ3v) is 4.36. The summed E-state index contributed by atoms with van der Waals surface area (Å²) in [6.45, 7) is 2.87. The summed E-state index contributed by atoms with van der Waals surface area (Å²) in [5, 5.41) is 0. The molecule has 0 saturated heterocycles. The van der Waals surface area contributed by atoms with Gasteiger partial charge >= 0.3 is 0 Å². The van der Waals surface area contributed by atoms with Crippen molar-refractivity contribution < 1.29 is 4.39 Å². The van der Waals surface area contributed by atoms with Crippen molar-refractivity contribution in [1.82, 2.24) is 0 Å². The summed E-state index contributed by atoms with van der Waals surface area (Å²) < 4.78 is 14.2. The van der Waals surface area contributed by atoms with Gasteiger partial charge in [-0.15, -0.1) is 0 Å². The molecule has 0 spiro atoms. The van der Waals surface area contributed by atoms with Crippen LogP contribution < -0.4 is 10.6 Å². The Labute approximate surface area is 115 Å². The first-order valence-electron chi connectivity index (χ1n) is 7.33.